The maximum Gasteiger partial charge on any atom is 0.326 e. The third-order valence-corrected chi connectivity index (χ3v) is 3.23. The first-order valence-corrected chi connectivity index (χ1v) is 6.53. The van der Waals surface area contributed by atoms with Crippen LogP contribution < -0.4 is 10.2 Å². The fourth-order valence-corrected chi connectivity index (χ4v) is 1.69. The van der Waals surface area contributed by atoms with E-state index in [1.54, 1.807) is 19.1 Å². The lowest BCUT2D eigenvalue weighted by Crippen LogP contribution is -2.45. The van der Waals surface area contributed by atoms with E-state index in [-0.39, 0.29) is 5.92 Å². The summed E-state index contributed by atoms with van der Waals surface area (Å²) in [7, 11) is 3.71. The number of rotatable bonds is 6. The number of carbonyl (C=O) groups is 2. The Hall–Kier alpha value is -2.11. The lowest BCUT2D eigenvalue weighted by Gasteiger charge is -2.20. The summed E-state index contributed by atoms with van der Waals surface area (Å²) < 4.78 is 0. The summed E-state index contributed by atoms with van der Waals surface area (Å²) in [5.74, 6) is -0.843. The predicted octanol–water partition coefficient (Wildman–Crippen LogP) is 1.38. The third kappa shape index (κ3) is 3.94. The van der Waals surface area contributed by atoms with Gasteiger partial charge in [-0.1, -0.05) is 20.3 Å². The van der Waals surface area contributed by atoms with E-state index in [1.807, 2.05) is 25.9 Å². The number of nitrogens with one attached hydrogen (secondary N) is 1. The zero-order valence-corrected chi connectivity index (χ0v) is 12.3. The fourth-order valence-electron chi connectivity index (χ4n) is 1.69. The molecular weight excluding hydrogens is 258 g/mol. The number of nitrogens with zero attached hydrogens (tertiary/aromatic N) is 2. The molecule has 2 atom stereocenters. The molecule has 110 valence electrons. The molecule has 2 N–H and O–H groups in total. The summed E-state index contributed by atoms with van der Waals surface area (Å²) in [6.07, 6.45) is 2.12. The Morgan fingerprint density at radius 1 is 1.40 bits per heavy atom. The number of hydrogen-bond acceptors (Lipinski definition) is 4. The number of amides is 1. The van der Waals surface area contributed by atoms with Gasteiger partial charge < -0.3 is 15.3 Å². The Balaban J connectivity index is 2.81. The van der Waals surface area contributed by atoms with Crippen LogP contribution >= 0.6 is 0 Å². The van der Waals surface area contributed by atoms with E-state index in [1.165, 1.54) is 6.20 Å². The highest BCUT2D eigenvalue weighted by atomic mass is 16.4. The van der Waals surface area contributed by atoms with Gasteiger partial charge in [0, 0.05) is 20.3 Å². The van der Waals surface area contributed by atoms with Crippen LogP contribution in [0.1, 0.15) is 30.6 Å². The summed E-state index contributed by atoms with van der Waals surface area (Å²) in [5.41, 5.74) is 0.352. The van der Waals surface area contributed by atoms with Crippen molar-refractivity contribution >= 4 is 17.7 Å². The summed E-state index contributed by atoms with van der Waals surface area (Å²) in [6, 6.07) is 2.46. The van der Waals surface area contributed by atoms with Crippen molar-refractivity contribution in [1.82, 2.24) is 10.3 Å². The Kier molecular flexibility index (Phi) is 5.49. The third-order valence-electron chi connectivity index (χ3n) is 3.23. The van der Waals surface area contributed by atoms with Crippen LogP contribution in [0.15, 0.2) is 18.3 Å². The van der Waals surface area contributed by atoms with Crippen LogP contribution in [-0.2, 0) is 4.79 Å². The highest BCUT2D eigenvalue weighted by molar-refractivity contribution is 5.96. The lowest BCUT2D eigenvalue weighted by atomic mass is 9.99. The first-order valence-electron chi connectivity index (χ1n) is 6.53. The molecule has 0 bridgehead atoms. The number of aromatic nitrogens is 1. The van der Waals surface area contributed by atoms with Crippen molar-refractivity contribution in [2.75, 3.05) is 19.0 Å². The van der Waals surface area contributed by atoms with Gasteiger partial charge in [-0.05, 0) is 18.1 Å². The molecule has 1 heterocycles. The van der Waals surface area contributed by atoms with Crippen molar-refractivity contribution in [1.29, 1.82) is 0 Å². The van der Waals surface area contributed by atoms with Crippen molar-refractivity contribution in [2.24, 2.45) is 5.92 Å². The van der Waals surface area contributed by atoms with E-state index in [9.17, 15) is 9.59 Å². The average Bonchev–Trinajstić information content (AvgIpc) is 2.43. The predicted molar refractivity (Wildman–Crippen MR) is 76.9 cm³/mol. The average molecular weight is 279 g/mol. The maximum atomic E-state index is 12.0. The second-order valence-corrected chi connectivity index (χ2v) is 4.97. The summed E-state index contributed by atoms with van der Waals surface area (Å²) >= 11 is 0. The van der Waals surface area contributed by atoms with Gasteiger partial charge >= 0.3 is 5.97 Å². The molecule has 0 aliphatic carbocycles. The number of carbonyl (C=O) groups excluding carboxylic acids is 1. The number of aliphatic carboxylic acids is 1. The van der Waals surface area contributed by atoms with Crippen LogP contribution in [0.3, 0.4) is 0 Å². The number of anilines is 1. The molecule has 1 aromatic rings. The largest absolute Gasteiger partial charge is 0.480 e. The van der Waals surface area contributed by atoms with Crippen LogP contribution in [0.5, 0.6) is 0 Å². The topological polar surface area (TPSA) is 82.5 Å². The lowest BCUT2D eigenvalue weighted by molar-refractivity contribution is -0.140. The summed E-state index contributed by atoms with van der Waals surface area (Å²) in [5, 5.41) is 11.7. The van der Waals surface area contributed by atoms with Crippen LogP contribution in [0.2, 0.25) is 0 Å². The number of pyridine rings is 1. The molecular formula is C14H21N3O3. The second kappa shape index (κ2) is 6.88. The van der Waals surface area contributed by atoms with Crippen molar-refractivity contribution in [3.63, 3.8) is 0 Å². The van der Waals surface area contributed by atoms with E-state index in [2.05, 4.69) is 10.3 Å². The number of hydrogen-bond donors (Lipinski definition) is 2. The van der Waals surface area contributed by atoms with Crippen LogP contribution in [0.4, 0.5) is 5.82 Å². The van der Waals surface area contributed by atoms with Gasteiger partial charge in [-0.3, -0.25) is 4.79 Å². The first kappa shape index (κ1) is 15.9. The van der Waals surface area contributed by atoms with Crippen molar-refractivity contribution in [2.45, 2.75) is 26.3 Å². The van der Waals surface area contributed by atoms with Gasteiger partial charge in [-0.25, -0.2) is 9.78 Å². The fraction of sp³-hybridized carbons (Fsp3) is 0.500. The SMILES string of the molecule is CCC(C)[C@H](NC(=O)c1ccc(N(C)C)nc1)C(=O)O. The van der Waals surface area contributed by atoms with Crippen molar-refractivity contribution in [3.8, 4) is 0 Å². The molecule has 0 saturated carbocycles. The molecule has 6 nitrogen and oxygen atoms in total. The molecule has 0 aliphatic rings. The van der Waals surface area contributed by atoms with E-state index >= 15 is 0 Å². The molecule has 6 heteroatoms. The second-order valence-electron chi connectivity index (χ2n) is 4.97. The van der Waals surface area contributed by atoms with Crippen LogP contribution in [0, 0.1) is 5.92 Å². The van der Waals surface area contributed by atoms with E-state index in [0.29, 0.717) is 12.0 Å². The standard InChI is InChI=1S/C14H21N3O3/c1-5-9(2)12(14(19)20)16-13(18)10-6-7-11(15-8-10)17(3)4/h6-9,12H,5H2,1-4H3,(H,16,18)(H,19,20)/t9?,12-/m0/s1. The van der Waals surface area contributed by atoms with Gasteiger partial charge in [0.25, 0.3) is 5.91 Å². The maximum absolute atomic E-state index is 12.0. The van der Waals surface area contributed by atoms with Crippen molar-refractivity contribution in [3.05, 3.63) is 23.9 Å². The van der Waals surface area contributed by atoms with Gasteiger partial charge in [-0.15, -0.1) is 0 Å². The highest BCUT2D eigenvalue weighted by Gasteiger charge is 2.25. The van der Waals surface area contributed by atoms with Gasteiger partial charge in [0.1, 0.15) is 11.9 Å². The van der Waals surface area contributed by atoms with Gasteiger partial charge in [0.05, 0.1) is 5.56 Å². The molecule has 0 aromatic carbocycles. The van der Waals surface area contributed by atoms with E-state index in [4.69, 9.17) is 5.11 Å². The van der Waals surface area contributed by atoms with Crippen molar-refractivity contribution < 1.29 is 14.7 Å². The molecule has 1 amide bonds. The molecule has 1 unspecified atom stereocenters. The van der Waals surface area contributed by atoms with Gasteiger partial charge in [-0.2, -0.15) is 0 Å². The monoisotopic (exact) mass is 279 g/mol. The van der Waals surface area contributed by atoms with Gasteiger partial charge in [0.15, 0.2) is 0 Å². The molecule has 0 saturated heterocycles. The zero-order chi connectivity index (χ0) is 15.3. The molecule has 0 radical (unpaired) electrons. The number of carboxylic acids is 1. The summed E-state index contributed by atoms with van der Waals surface area (Å²) in [4.78, 5) is 29.2. The van der Waals surface area contributed by atoms with E-state index in [0.717, 1.165) is 5.82 Å². The Bertz CT molecular complexity index is 471. The Morgan fingerprint density at radius 2 is 2.05 bits per heavy atom. The molecule has 0 fully saturated rings. The number of carboxylic acid groups (broad SMARTS) is 1. The smallest absolute Gasteiger partial charge is 0.326 e. The highest BCUT2D eigenvalue weighted by Crippen LogP contribution is 2.11. The quantitative estimate of drug-likeness (QED) is 0.822. The van der Waals surface area contributed by atoms with Crippen LogP contribution in [-0.4, -0.2) is 42.1 Å². The zero-order valence-electron chi connectivity index (χ0n) is 12.3. The minimum absolute atomic E-state index is 0.134. The van der Waals surface area contributed by atoms with Crippen LogP contribution in [0.25, 0.3) is 0 Å². The minimum atomic E-state index is -1.02. The molecule has 0 aliphatic heterocycles. The summed E-state index contributed by atoms with van der Waals surface area (Å²) in [6.45, 7) is 3.69. The first-order chi connectivity index (χ1) is 9.36. The minimum Gasteiger partial charge on any atom is -0.480 e. The Labute approximate surface area is 118 Å². The molecule has 1 rings (SSSR count). The molecule has 20 heavy (non-hydrogen) atoms. The molecule has 1 aromatic heterocycles. The van der Waals surface area contributed by atoms with E-state index < -0.39 is 17.9 Å². The Morgan fingerprint density at radius 3 is 2.45 bits per heavy atom. The van der Waals surface area contributed by atoms with Gasteiger partial charge in [0.2, 0.25) is 0 Å². The molecule has 0 spiro atoms. The normalized spacial score (nSPS) is 13.4.